The van der Waals surface area contributed by atoms with E-state index in [1.165, 1.54) is 38.6 Å². The fourth-order valence-electron chi connectivity index (χ4n) is 4.74. The second-order valence-corrected chi connectivity index (χ2v) is 8.00. The molecule has 2 unspecified atom stereocenters. The fraction of sp³-hybridized carbons (Fsp3) is 1.00. The van der Waals surface area contributed by atoms with Crippen LogP contribution in [-0.2, 0) is 0 Å². The van der Waals surface area contributed by atoms with Crippen molar-refractivity contribution in [2.45, 2.75) is 79.2 Å². The van der Waals surface area contributed by atoms with Gasteiger partial charge in [0, 0.05) is 18.6 Å². The summed E-state index contributed by atoms with van der Waals surface area (Å²) in [6.07, 6.45) is 6.45. The Bertz CT molecular complexity index is 283. The van der Waals surface area contributed by atoms with Crippen molar-refractivity contribution in [3.63, 3.8) is 0 Å². The first-order valence-corrected chi connectivity index (χ1v) is 8.77. The van der Waals surface area contributed by atoms with Crippen molar-refractivity contribution in [2.75, 3.05) is 19.6 Å². The van der Waals surface area contributed by atoms with Gasteiger partial charge in [0.15, 0.2) is 0 Å². The largest absolute Gasteiger partial charge is 0.329 e. The quantitative estimate of drug-likeness (QED) is 0.755. The number of nitrogens with zero attached hydrogens (tertiary/aromatic N) is 1. The lowest BCUT2D eigenvalue weighted by Crippen LogP contribution is -2.60. The number of rotatable bonds is 7. The van der Waals surface area contributed by atoms with Crippen molar-refractivity contribution >= 4 is 0 Å². The van der Waals surface area contributed by atoms with Gasteiger partial charge in [-0.25, -0.2) is 0 Å². The van der Waals surface area contributed by atoms with Gasteiger partial charge in [-0.2, -0.15) is 0 Å². The van der Waals surface area contributed by atoms with E-state index in [4.69, 9.17) is 5.73 Å². The average molecular weight is 283 g/mol. The molecule has 0 aromatic heterocycles. The molecule has 0 heterocycles. The molecular formula is C18H38N2. The van der Waals surface area contributed by atoms with Crippen LogP contribution in [0.25, 0.3) is 0 Å². The molecule has 1 aliphatic carbocycles. The molecule has 0 amide bonds. The fourth-order valence-corrected chi connectivity index (χ4v) is 4.74. The van der Waals surface area contributed by atoms with Crippen LogP contribution in [0.1, 0.15) is 73.6 Å². The van der Waals surface area contributed by atoms with Gasteiger partial charge < -0.3 is 5.73 Å². The van der Waals surface area contributed by atoms with E-state index in [9.17, 15) is 0 Å². The predicted molar refractivity (Wildman–Crippen MR) is 89.9 cm³/mol. The Morgan fingerprint density at radius 1 is 1.15 bits per heavy atom. The average Bonchev–Trinajstić information content (AvgIpc) is 2.37. The summed E-state index contributed by atoms with van der Waals surface area (Å²) in [6, 6.07) is 0. The van der Waals surface area contributed by atoms with Gasteiger partial charge in [0.25, 0.3) is 0 Å². The van der Waals surface area contributed by atoms with Crippen molar-refractivity contribution in [3.8, 4) is 0 Å². The van der Waals surface area contributed by atoms with Gasteiger partial charge in [0.2, 0.25) is 0 Å². The smallest absolute Gasteiger partial charge is 0.0339 e. The molecule has 1 rings (SSSR count). The van der Waals surface area contributed by atoms with E-state index >= 15 is 0 Å². The third-order valence-corrected chi connectivity index (χ3v) is 5.50. The summed E-state index contributed by atoms with van der Waals surface area (Å²) in [5.74, 6) is 1.61. The maximum Gasteiger partial charge on any atom is 0.0339 e. The molecule has 0 bridgehead atoms. The first-order chi connectivity index (χ1) is 9.32. The van der Waals surface area contributed by atoms with Crippen molar-refractivity contribution in [2.24, 2.45) is 23.0 Å². The molecule has 2 heteroatoms. The third kappa shape index (κ3) is 4.21. The highest BCUT2D eigenvalue weighted by atomic mass is 15.2. The van der Waals surface area contributed by atoms with Crippen LogP contribution < -0.4 is 5.73 Å². The number of hydrogen-bond acceptors (Lipinski definition) is 2. The van der Waals surface area contributed by atoms with E-state index < -0.39 is 0 Å². The zero-order chi connectivity index (χ0) is 15.4. The summed E-state index contributed by atoms with van der Waals surface area (Å²) < 4.78 is 0. The van der Waals surface area contributed by atoms with E-state index in [0.29, 0.717) is 5.41 Å². The van der Waals surface area contributed by atoms with Crippen molar-refractivity contribution in [1.29, 1.82) is 0 Å². The molecule has 1 fully saturated rings. The lowest BCUT2D eigenvalue weighted by molar-refractivity contribution is -0.0175. The van der Waals surface area contributed by atoms with Gasteiger partial charge in [-0.05, 0) is 43.1 Å². The first-order valence-electron chi connectivity index (χ1n) is 8.77. The molecule has 20 heavy (non-hydrogen) atoms. The van der Waals surface area contributed by atoms with E-state index in [1.54, 1.807) is 0 Å². The molecule has 0 aromatic rings. The molecule has 0 aliphatic heterocycles. The highest BCUT2D eigenvalue weighted by Gasteiger charge is 2.45. The highest BCUT2D eigenvalue weighted by molar-refractivity contribution is 5.01. The SMILES string of the molecule is CCC(CC)CN(CC)C1(CN)CC(C)CC(C)(C)C1. The molecule has 0 aromatic carbocycles. The summed E-state index contributed by atoms with van der Waals surface area (Å²) in [7, 11) is 0. The molecule has 0 spiro atoms. The maximum absolute atomic E-state index is 6.32. The lowest BCUT2D eigenvalue weighted by Gasteiger charge is -2.53. The Hall–Kier alpha value is -0.0800. The Morgan fingerprint density at radius 2 is 1.75 bits per heavy atom. The van der Waals surface area contributed by atoms with E-state index in [0.717, 1.165) is 24.9 Å². The van der Waals surface area contributed by atoms with Gasteiger partial charge in [0.05, 0.1) is 0 Å². The van der Waals surface area contributed by atoms with Crippen molar-refractivity contribution in [3.05, 3.63) is 0 Å². The van der Waals surface area contributed by atoms with Crippen LogP contribution in [0.3, 0.4) is 0 Å². The summed E-state index contributed by atoms with van der Waals surface area (Å²) in [5.41, 5.74) is 6.98. The van der Waals surface area contributed by atoms with E-state index in [1.807, 2.05) is 0 Å². The van der Waals surface area contributed by atoms with Gasteiger partial charge in [0.1, 0.15) is 0 Å². The van der Waals surface area contributed by atoms with Gasteiger partial charge >= 0.3 is 0 Å². The minimum atomic E-state index is 0.235. The Morgan fingerprint density at radius 3 is 2.15 bits per heavy atom. The molecule has 2 N–H and O–H groups in total. The number of hydrogen-bond donors (Lipinski definition) is 1. The van der Waals surface area contributed by atoms with Crippen LogP contribution in [0.2, 0.25) is 0 Å². The van der Waals surface area contributed by atoms with E-state index in [2.05, 4.69) is 46.4 Å². The van der Waals surface area contributed by atoms with Crippen molar-refractivity contribution in [1.82, 2.24) is 4.90 Å². The molecule has 1 saturated carbocycles. The van der Waals surface area contributed by atoms with Crippen LogP contribution in [0.4, 0.5) is 0 Å². The Kier molecular flexibility index (Phi) is 6.53. The second kappa shape index (κ2) is 7.26. The van der Waals surface area contributed by atoms with Gasteiger partial charge in [-0.1, -0.05) is 54.4 Å². The van der Waals surface area contributed by atoms with Gasteiger partial charge in [-0.15, -0.1) is 0 Å². The highest BCUT2D eigenvalue weighted by Crippen LogP contribution is 2.46. The third-order valence-electron chi connectivity index (χ3n) is 5.50. The molecule has 0 saturated heterocycles. The lowest BCUT2D eigenvalue weighted by atomic mass is 9.63. The topological polar surface area (TPSA) is 29.3 Å². The number of nitrogens with two attached hydrogens (primary N) is 1. The minimum Gasteiger partial charge on any atom is -0.329 e. The monoisotopic (exact) mass is 282 g/mol. The Labute approximate surface area is 127 Å². The summed E-state index contributed by atoms with van der Waals surface area (Å²) in [4.78, 5) is 2.72. The van der Waals surface area contributed by atoms with Crippen LogP contribution in [-0.4, -0.2) is 30.1 Å². The Balaban J connectivity index is 2.93. The van der Waals surface area contributed by atoms with Gasteiger partial charge in [-0.3, -0.25) is 4.90 Å². The van der Waals surface area contributed by atoms with Crippen LogP contribution in [0.5, 0.6) is 0 Å². The zero-order valence-electron chi connectivity index (χ0n) is 14.8. The van der Waals surface area contributed by atoms with Crippen LogP contribution >= 0.6 is 0 Å². The molecular weight excluding hydrogens is 244 g/mol. The summed E-state index contributed by atoms with van der Waals surface area (Å²) in [5, 5.41) is 0. The normalized spacial score (nSPS) is 30.1. The molecule has 2 nitrogen and oxygen atoms in total. The van der Waals surface area contributed by atoms with Crippen LogP contribution in [0, 0.1) is 17.3 Å². The molecule has 1 aliphatic rings. The first kappa shape index (κ1) is 18.0. The molecule has 0 radical (unpaired) electrons. The summed E-state index contributed by atoms with van der Waals surface area (Å²) in [6.45, 7) is 17.4. The van der Waals surface area contributed by atoms with Crippen LogP contribution in [0.15, 0.2) is 0 Å². The van der Waals surface area contributed by atoms with Crippen molar-refractivity contribution < 1.29 is 0 Å². The van der Waals surface area contributed by atoms with E-state index in [-0.39, 0.29) is 5.54 Å². The molecule has 120 valence electrons. The standard InChI is InChI=1S/C18H38N2/c1-7-16(8-2)12-20(9-3)18(14-19)11-15(4)10-17(5,6)13-18/h15-16H,7-14,19H2,1-6H3. The minimum absolute atomic E-state index is 0.235. The predicted octanol–water partition coefficient (Wildman–Crippen LogP) is 4.29. The number of likely N-dealkylation sites (N-methyl/N-ethyl adjacent to an activating group) is 1. The summed E-state index contributed by atoms with van der Waals surface area (Å²) >= 11 is 0. The zero-order valence-corrected chi connectivity index (χ0v) is 14.8. The second-order valence-electron chi connectivity index (χ2n) is 8.00. The molecule has 2 atom stereocenters. The maximum atomic E-state index is 6.32.